The van der Waals surface area contributed by atoms with Gasteiger partial charge in [0.15, 0.2) is 15.0 Å². The lowest BCUT2D eigenvalue weighted by atomic mass is 10.3. The first kappa shape index (κ1) is 11.7. The van der Waals surface area contributed by atoms with E-state index < -0.39 is 9.84 Å². The van der Waals surface area contributed by atoms with E-state index in [0.717, 1.165) is 15.3 Å². The zero-order valence-electron chi connectivity index (χ0n) is 9.67. The van der Waals surface area contributed by atoms with Gasteiger partial charge in [-0.1, -0.05) is 11.3 Å². The van der Waals surface area contributed by atoms with E-state index >= 15 is 0 Å². The van der Waals surface area contributed by atoms with E-state index in [-0.39, 0.29) is 11.5 Å². The molecule has 3 rings (SSSR count). The van der Waals surface area contributed by atoms with E-state index in [1.54, 1.807) is 11.3 Å². The van der Waals surface area contributed by atoms with Gasteiger partial charge in [-0.3, -0.25) is 0 Å². The van der Waals surface area contributed by atoms with Gasteiger partial charge >= 0.3 is 0 Å². The molecule has 0 aliphatic carbocycles. The second-order valence-corrected chi connectivity index (χ2v) is 7.68. The number of nitrogen functional groups attached to an aromatic ring is 1. The third-order valence-electron chi connectivity index (χ3n) is 3.02. The molecule has 7 heteroatoms. The molecule has 1 aliphatic heterocycles. The molecule has 0 saturated carbocycles. The van der Waals surface area contributed by atoms with Gasteiger partial charge in [-0.25, -0.2) is 13.4 Å². The summed E-state index contributed by atoms with van der Waals surface area (Å²) in [5, 5.41) is 0.880. The van der Waals surface area contributed by atoms with Gasteiger partial charge in [-0.2, -0.15) is 0 Å². The molecule has 0 atom stereocenters. The number of sulfone groups is 1. The number of thiazole rings is 1. The number of nitrogens with zero attached hydrogens (tertiary/aromatic N) is 2. The number of rotatable bonds is 1. The highest BCUT2D eigenvalue weighted by Crippen LogP contribution is 2.30. The standard InChI is InChI=1S/C11H13N3O2S2/c12-8-1-2-10-9(7-8)13-11(17-10)14-3-5-18(15,16)6-4-14/h1-2,7H,3-6,12H2. The summed E-state index contributed by atoms with van der Waals surface area (Å²) >= 11 is 1.58. The second kappa shape index (κ2) is 4.10. The molecule has 0 bridgehead atoms. The normalized spacial score (nSPS) is 19.2. The van der Waals surface area contributed by atoms with Gasteiger partial charge in [0.25, 0.3) is 0 Å². The van der Waals surface area contributed by atoms with Gasteiger partial charge in [0.2, 0.25) is 0 Å². The fraction of sp³-hybridized carbons (Fsp3) is 0.364. The SMILES string of the molecule is Nc1ccc2sc(N3CCS(=O)(=O)CC3)nc2c1. The van der Waals surface area contributed by atoms with Gasteiger partial charge in [-0.15, -0.1) is 0 Å². The summed E-state index contributed by atoms with van der Waals surface area (Å²) < 4.78 is 23.8. The topological polar surface area (TPSA) is 76.3 Å². The Morgan fingerprint density at radius 1 is 1.28 bits per heavy atom. The molecule has 0 unspecified atom stereocenters. The van der Waals surface area contributed by atoms with Crippen LogP contribution in [0.15, 0.2) is 18.2 Å². The highest BCUT2D eigenvalue weighted by Gasteiger charge is 2.23. The minimum Gasteiger partial charge on any atom is -0.399 e. The molecule has 18 heavy (non-hydrogen) atoms. The van der Waals surface area contributed by atoms with Crippen LogP contribution in [0.5, 0.6) is 0 Å². The van der Waals surface area contributed by atoms with Crippen molar-refractivity contribution in [2.45, 2.75) is 0 Å². The Kier molecular flexibility index (Phi) is 2.67. The average molecular weight is 283 g/mol. The Balaban J connectivity index is 1.91. The quantitative estimate of drug-likeness (QED) is 0.794. The number of aromatic nitrogens is 1. The molecule has 1 aromatic heterocycles. The van der Waals surface area contributed by atoms with Crippen LogP contribution < -0.4 is 10.6 Å². The first-order valence-corrected chi connectivity index (χ1v) is 8.29. The molecule has 2 N–H and O–H groups in total. The molecule has 96 valence electrons. The van der Waals surface area contributed by atoms with Crippen LogP contribution in [0.4, 0.5) is 10.8 Å². The summed E-state index contributed by atoms with van der Waals surface area (Å²) in [5.41, 5.74) is 7.29. The van der Waals surface area contributed by atoms with E-state index in [4.69, 9.17) is 5.73 Å². The maximum Gasteiger partial charge on any atom is 0.186 e. The van der Waals surface area contributed by atoms with Crippen LogP contribution in [-0.4, -0.2) is 38.0 Å². The first-order chi connectivity index (χ1) is 8.53. The Morgan fingerprint density at radius 2 is 2.00 bits per heavy atom. The molecule has 0 spiro atoms. The number of fused-ring (bicyclic) bond motifs is 1. The summed E-state index contributed by atoms with van der Waals surface area (Å²) in [5.74, 6) is 0.427. The van der Waals surface area contributed by atoms with Crippen LogP contribution in [-0.2, 0) is 9.84 Å². The first-order valence-electron chi connectivity index (χ1n) is 5.65. The maximum atomic E-state index is 11.4. The lowest BCUT2D eigenvalue weighted by Gasteiger charge is -2.25. The highest BCUT2D eigenvalue weighted by atomic mass is 32.2. The minimum absolute atomic E-state index is 0.213. The third-order valence-corrected chi connectivity index (χ3v) is 5.72. The van der Waals surface area contributed by atoms with Crippen molar-refractivity contribution < 1.29 is 8.42 Å². The molecule has 1 aromatic carbocycles. The van der Waals surface area contributed by atoms with Crippen molar-refractivity contribution in [2.24, 2.45) is 0 Å². The summed E-state index contributed by atoms with van der Waals surface area (Å²) in [6, 6.07) is 5.65. The molecule has 1 aliphatic rings. The van der Waals surface area contributed by atoms with E-state index in [2.05, 4.69) is 4.98 Å². The van der Waals surface area contributed by atoms with Crippen LogP contribution in [0.3, 0.4) is 0 Å². The van der Waals surface area contributed by atoms with Gasteiger partial charge in [0.05, 0.1) is 21.7 Å². The molecule has 5 nitrogen and oxygen atoms in total. The maximum absolute atomic E-state index is 11.4. The van der Waals surface area contributed by atoms with Gasteiger partial charge in [-0.05, 0) is 18.2 Å². The van der Waals surface area contributed by atoms with Crippen molar-refractivity contribution in [2.75, 3.05) is 35.2 Å². The molecule has 1 saturated heterocycles. The Bertz CT molecular complexity index is 679. The van der Waals surface area contributed by atoms with Crippen molar-refractivity contribution >= 4 is 42.2 Å². The number of benzene rings is 1. The molecule has 0 radical (unpaired) electrons. The van der Waals surface area contributed by atoms with Crippen LogP contribution >= 0.6 is 11.3 Å². The number of nitrogens with two attached hydrogens (primary N) is 1. The molecule has 0 amide bonds. The van der Waals surface area contributed by atoms with E-state index in [1.807, 2.05) is 23.1 Å². The van der Waals surface area contributed by atoms with Crippen molar-refractivity contribution in [1.82, 2.24) is 4.98 Å². The van der Waals surface area contributed by atoms with Gasteiger partial charge in [0.1, 0.15) is 0 Å². The number of hydrogen-bond donors (Lipinski definition) is 1. The van der Waals surface area contributed by atoms with Gasteiger partial charge < -0.3 is 10.6 Å². The van der Waals surface area contributed by atoms with Crippen LogP contribution in [0.2, 0.25) is 0 Å². The van der Waals surface area contributed by atoms with Crippen LogP contribution in [0.1, 0.15) is 0 Å². The number of anilines is 2. The van der Waals surface area contributed by atoms with E-state index in [0.29, 0.717) is 18.8 Å². The predicted molar refractivity (Wildman–Crippen MR) is 74.9 cm³/mol. The lowest BCUT2D eigenvalue weighted by molar-refractivity contribution is 0.587. The largest absolute Gasteiger partial charge is 0.399 e. The Labute approximate surface area is 109 Å². The van der Waals surface area contributed by atoms with Gasteiger partial charge in [0, 0.05) is 18.8 Å². The monoisotopic (exact) mass is 283 g/mol. The summed E-state index contributed by atoms with van der Waals surface area (Å²) in [6.45, 7) is 1.05. The second-order valence-electron chi connectivity index (χ2n) is 4.36. The molecule has 2 heterocycles. The van der Waals surface area contributed by atoms with E-state index in [9.17, 15) is 8.42 Å². The highest BCUT2D eigenvalue weighted by molar-refractivity contribution is 7.91. The van der Waals surface area contributed by atoms with Crippen LogP contribution in [0.25, 0.3) is 10.2 Å². The Morgan fingerprint density at radius 3 is 2.72 bits per heavy atom. The smallest absolute Gasteiger partial charge is 0.186 e. The van der Waals surface area contributed by atoms with Crippen molar-refractivity contribution in [3.05, 3.63) is 18.2 Å². The van der Waals surface area contributed by atoms with Crippen molar-refractivity contribution in [3.63, 3.8) is 0 Å². The third kappa shape index (κ3) is 2.15. The van der Waals surface area contributed by atoms with Crippen LogP contribution in [0, 0.1) is 0 Å². The number of hydrogen-bond acceptors (Lipinski definition) is 6. The Hall–Kier alpha value is -1.34. The summed E-state index contributed by atoms with van der Waals surface area (Å²) in [7, 11) is -2.85. The molecular formula is C11H13N3O2S2. The average Bonchev–Trinajstić information content (AvgIpc) is 2.71. The molecule has 1 fully saturated rings. The zero-order chi connectivity index (χ0) is 12.8. The predicted octanol–water partition coefficient (Wildman–Crippen LogP) is 1.11. The fourth-order valence-corrected chi connectivity index (χ4v) is 4.17. The van der Waals surface area contributed by atoms with Crippen molar-refractivity contribution in [3.8, 4) is 0 Å². The molecular weight excluding hydrogens is 270 g/mol. The van der Waals surface area contributed by atoms with Crippen molar-refractivity contribution in [1.29, 1.82) is 0 Å². The summed E-state index contributed by atoms with van der Waals surface area (Å²) in [6.07, 6.45) is 0. The fourth-order valence-electron chi connectivity index (χ4n) is 1.97. The zero-order valence-corrected chi connectivity index (χ0v) is 11.3. The minimum atomic E-state index is -2.85. The molecule has 2 aromatic rings. The summed E-state index contributed by atoms with van der Waals surface area (Å²) in [4.78, 5) is 6.54. The van der Waals surface area contributed by atoms with E-state index in [1.165, 1.54) is 0 Å². The lowest BCUT2D eigenvalue weighted by Crippen LogP contribution is -2.40.